The van der Waals surface area contributed by atoms with Crippen molar-refractivity contribution in [1.29, 1.82) is 0 Å². The van der Waals surface area contributed by atoms with Crippen LogP contribution < -0.4 is 5.32 Å². The number of nitrogens with zero attached hydrogens (tertiary/aromatic N) is 5. The van der Waals surface area contributed by atoms with Crippen LogP contribution in [0, 0.1) is 0 Å². The average molecular weight is 306 g/mol. The minimum Gasteiger partial charge on any atom is -0.358 e. The molecule has 0 bridgehead atoms. The van der Waals surface area contributed by atoms with Crippen molar-refractivity contribution < 1.29 is 13.2 Å². The molecule has 0 unspecified atom stereocenters. The van der Waals surface area contributed by atoms with Crippen molar-refractivity contribution in [2.24, 2.45) is 0 Å². The van der Waals surface area contributed by atoms with E-state index >= 15 is 0 Å². The van der Waals surface area contributed by atoms with Gasteiger partial charge in [0.25, 0.3) is 0 Å². The molecule has 0 radical (unpaired) electrons. The third kappa shape index (κ3) is 3.44. The molecular formula is C10H13F3N6S. The highest BCUT2D eigenvalue weighted by Crippen LogP contribution is 2.28. The zero-order chi connectivity index (χ0) is 14.8. The minimum absolute atomic E-state index is 0.150. The van der Waals surface area contributed by atoms with E-state index in [0.717, 1.165) is 5.82 Å². The Balaban J connectivity index is 1.90. The van der Waals surface area contributed by atoms with Gasteiger partial charge in [-0.25, -0.2) is 0 Å². The smallest absolute Gasteiger partial charge is 0.358 e. The number of hydrogen-bond acceptors (Lipinski definition) is 6. The topological polar surface area (TPSA) is 68.5 Å². The van der Waals surface area contributed by atoms with Crippen LogP contribution in [0.2, 0.25) is 0 Å². The molecule has 2 aromatic rings. The Hall–Kier alpha value is -1.71. The predicted molar refractivity (Wildman–Crippen MR) is 67.5 cm³/mol. The quantitative estimate of drug-likeness (QED) is 0.918. The van der Waals surface area contributed by atoms with Gasteiger partial charge in [0.15, 0.2) is 0 Å². The summed E-state index contributed by atoms with van der Waals surface area (Å²) < 4.78 is 42.1. The molecule has 0 atom stereocenters. The summed E-state index contributed by atoms with van der Waals surface area (Å²) in [6.45, 7) is 4.95. The SMILES string of the molecule is CC(C)c1nncn1CCNc1nc(C(F)(F)F)ns1. The number of alkyl halides is 3. The van der Waals surface area contributed by atoms with E-state index < -0.39 is 12.0 Å². The first kappa shape index (κ1) is 14.7. The van der Waals surface area contributed by atoms with Crippen LogP contribution in [0.4, 0.5) is 18.3 Å². The van der Waals surface area contributed by atoms with Crippen molar-refractivity contribution in [1.82, 2.24) is 24.1 Å². The largest absolute Gasteiger partial charge is 0.452 e. The number of nitrogens with one attached hydrogen (secondary N) is 1. The van der Waals surface area contributed by atoms with Crippen molar-refractivity contribution in [3.05, 3.63) is 18.0 Å². The van der Waals surface area contributed by atoms with Crippen LogP contribution in [0.1, 0.15) is 31.4 Å². The Bertz CT molecular complexity index is 561. The molecule has 0 fully saturated rings. The van der Waals surface area contributed by atoms with Crippen molar-refractivity contribution in [2.75, 3.05) is 11.9 Å². The van der Waals surface area contributed by atoms with E-state index in [4.69, 9.17) is 0 Å². The Morgan fingerprint density at radius 3 is 2.75 bits per heavy atom. The molecule has 0 spiro atoms. The van der Waals surface area contributed by atoms with Gasteiger partial charge in [-0.2, -0.15) is 22.5 Å². The maximum absolute atomic E-state index is 12.3. The lowest BCUT2D eigenvalue weighted by atomic mass is 10.2. The summed E-state index contributed by atoms with van der Waals surface area (Å²) >= 11 is 0.691. The first-order valence-corrected chi connectivity index (χ1v) is 6.67. The van der Waals surface area contributed by atoms with E-state index in [1.54, 1.807) is 6.33 Å². The minimum atomic E-state index is -4.50. The summed E-state index contributed by atoms with van der Waals surface area (Å²) in [5.41, 5.74) is 0. The van der Waals surface area contributed by atoms with Crippen LogP contribution in [0.5, 0.6) is 0 Å². The predicted octanol–water partition coefficient (Wildman–Crippen LogP) is 2.38. The van der Waals surface area contributed by atoms with Gasteiger partial charge in [-0.1, -0.05) is 13.8 Å². The van der Waals surface area contributed by atoms with Crippen molar-refractivity contribution in [3.63, 3.8) is 0 Å². The summed E-state index contributed by atoms with van der Waals surface area (Å²) in [5.74, 6) is -0.0481. The van der Waals surface area contributed by atoms with Gasteiger partial charge in [0.05, 0.1) is 0 Å². The Labute approximate surface area is 117 Å². The standard InChI is InChI=1S/C10H13F3N6S/c1-6(2)7-17-15-5-19(7)4-3-14-9-16-8(18-20-9)10(11,12)13/h5-6H,3-4H2,1-2H3,(H,14,16,18). The maximum atomic E-state index is 12.3. The van der Waals surface area contributed by atoms with E-state index in [9.17, 15) is 13.2 Å². The molecule has 10 heteroatoms. The fraction of sp³-hybridized carbons (Fsp3) is 0.600. The van der Waals surface area contributed by atoms with Gasteiger partial charge in [-0.05, 0) is 0 Å². The lowest BCUT2D eigenvalue weighted by Gasteiger charge is -2.08. The van der Waals surface area contributed by atoms with E-state index in [2.05, 4.69) is 24.9 Å². The first-order valence-electron chi connectivity index (χ1n) is 5.90. The molecule has 0 saturated carbocycles. The van der Waals surface area contributed by atoms with Crippen LogP contribution in [0.3, 0.4) is 0 Å². The Kier molecular flexibility index (Phi) is 4.21. The molecule has 1 N–H and O–H groups in total. The first-order chi connectivity index (χ1) is 9.38. The second-order valence-electron chi connectivity index (χ2n) is 4.38. The van der Waals surface area contributed by atoms with Gasteiger partial charge in [0.1, 0.15) is 12.2 Å². The highest BCUT2D eigenvalue weighted by molar-refractivity contribution is 7.09. The van der Waals surface area contributed by atoms with E-state index in [0.29, 0.717) is 24.6 Å². The number of rotatable bonds is 5. The summed E-state index contributed by atoms with van der Waals surface area (Å²) in [7, 11) is 0. The number of aromatic nitrogens is 5. The molecule has 0 aliphatic carbocycles. The molecule has 6 nitrogen and oxygen atoms in total. The molecule has 0 saturated heterocycles. The molecule has 2 heterocycles. The van der Waals surface area contributed by atoms with Gasteiger partial charge >= 0.3 is 6.18 Å². The lowest BCUT2D eigenvalue weighted by Crippen LogP contribution is -2.13. The average Bonchev–Trinajstić information content (AvgIpc) is 2.96. The fourth-order valence-corrected chi connectivity index (χ4v) is 2.19. The van der Waals surface area contributed by atoms with Crippen molar-refractivity contribution in [3.8, 4) is 0 Å². The summed E-state index contributed by atoms with van der Waals surface area (Å²) in [4.78, 5) is 3.39. The van der Waals surface area contributed by atoms with Crippen LogP contribution in [-0.4, -0.2) is 30.7 Å². The van der Waals surface area contributed by atoms with Gasteiger partial charge < -0.3 is 9.88 Å². The zero-order valence-electron chi connectivity index (χ0n) is 10.8. The van der Waals surface area contributed by atoms with Crippen LogP contribution >= 0.6 is 11.5 Å². The highest BCUT2D eigenvalue weighted by atomic mass is 32.1. The third-order valence-electron chi connectivity index (χ3n) is 2.47. The Morgan fingerprint density at radius 2 is 2.15 bits per heavy atom. The number of hydrogen-bond donors (Lipinski definition) is 1. The van der Waals surface area contributed by atoms with Crippen LogP contribution in [0.15, 0.2) is 6.33 Å². The molecule has 0 aromatic carbocycles. The molecule has 0 amide bonds. The summed E-state index contributed by atoms with van der Waals surface area (Å²) in [5, 5.41) is 10.8. The summed E-state index contributed by atoms with van der Waals surface area (Å²) in [6, 6.07) is 0. The van der Waals surface area contributed by atoms with Gasteiger partial charge in [0, 0.05) is 30.5 Å². The number of halogens is 3. The number of anilines is 1. The molecular weight excluding hydrogens is 293 g/mol. The molecule has 20 heavy (non-hydrogen) atoms. The van der Waals surface area contributed by atoms with Crippen LogP contribution in [-0.2, 0) is 12.7 Å². The Morgan fingerprint density at radius 1 is 1.40 bits per heavy atom. The fourth-order valence-electron chi connectivity index (χ4n) is 1.58. The highest BCUT2D eigenvalue weighted by Gasteiger charge is 2.36. The van der Waals surface area contributed by atoms with Crippen molar-refractivity contribution >= 4 is 16.7 Å². The van der Waals surface area contributed by atoms with Gasteiger partial charge in [-0.3, -0.25) is 0 Å². The van der Waals surface area contributed by atoms with Crippen molar-refractivity contribution in [2.45, 2.75) is 32.5 Å². The van der Waals surface area contributed by atoms with E-state index in [1.165, 1.54) is 0 Å². The second-order valence-corrected chi connectivity index (χ2v) is 5.14. The van der Waals surface area contributed by atoms with Gasteiger partial charge in [-0.15, -0.1) is 10.2 Å². The monoisotopic (exact) mass is 306 g/mol. The maximum Gasteiger partial charge on any atom is 0.452 e. The van der Waals surface area contributed by atoms with E-state index in [1.807, 2.05) is 18.4 Å². The summed E-state index contributed by atoms with van der Waals surface area (Å²) in [6.07, 6.45) is -2.91. The second kappa shape index (κ2) is 5.73. The third-order valence-corrected chi connectivity index (χ3v) is 3.14. The normalized spacial score (nSPS) is 12.1. The molecule has 0 aliphatic rings. The zero-order valence-corrected chi connectivity index (χ0v) is 11.7. The molecule has 2 rings (SSSR count). The molecule has 0 aliphatic heterocycles. The van der Waals surface area contributed by atoms with E-state index in [-0.39, 0.29) is 11.0 Å². The van der Waals surface area contributed by atoms with Crippen LogP contribution in [0.25, 0.3) is 0 Å². The molecule has 110 valence electrons. The molecule has 2 aromatic heterocycles. The van der Waals surface area contributed by atoms with Gasteiger partial charge in [0.2, 0.25) is 11.0 Å². The lowest BCUT2D eigenvalue weighted by molar-refractivity contribution is -0.144.